The molecule has 4 heteroatoms. The third-order valence-electron chi connectivity index (χ3n) is 3.35. The Balaban J connectivity index is 2.73. The van der Waals surface area contributed by atoms with Crippen molar-refractivity contribution in [3.05, 3.63) is 20.2 Å². The van der Waals surface area contributed by atoms with Gasteiger partial charge in [0.1, 0.15) is 0 Å². The third kappa shape index (κ3) is 5.49. The number of H-pyrrole nitrogens is 1. The molecule has 0 unspecified atom stereocenters. The topological polar surface area (TPSA) is 36.1 Å². The summed E-state index contributed by atoms with van der Waals surface area (Å²) in [6.07, 6.45) is 4.92. The largest absolute Gasteiger partial charge is 0.316 e. The molecule has 0 saturated carbocycles. The number of hydrogen-bond acceptors (Lipinski definition) is 3. The number of thiazole rings is 1. The molecule has 19 heavy (non-hydrogen) atoms. The van der Waals surface area contributed by atoms with Gasteiger partial charge in [0.2, 0.25) is 0 Å². The molecule has 0 aliphatic heterocycles. The van der Waals surface area contributed by atoms with Crippen LogP contribution in [0.15, 0.2) is 4.79 Å². The monoisotopic (exact) mass is 284 g/mol. The minimum Gasteiger partial charge on any atom is -0.316 e. The fourth-order valence-corrected chi connectivity index (χ4v) is 3.22. The second kappa shape index (κ2) is 8.54. The number of hydrogen-bond donors (Lipinski definition) is 1. The highest BCUT2D eigenvalue weighted by Gasteiger charge is 2.14. The first-order valence-electron chi connectivity index (χ1n) is 7.52. The van der Waals surface area contributed by atoms with Crippen molar-refractivity contribution in [1.82, 2.24) is 9.88 Å². The van der Waals surface area contributed by atoms with Gasteiger partial charge in [-0.25, -0.2) is 0 Å². The Bertz CT molecular complexity index is 401. The van der Waals surface area contributed by atoms with Crippen molar-refractivity contribution in [2.24, 2.45) is 0 Å². The van der Waals surface area contributed by atoms with E-state index >= 15 is 0 Å². The summed E-state index contributed by atoms with van der Waals surface area (Å²) in [5, 5.41) is 0. The molecule has 0 spiro atoms. The lowest BCUT2D eigenvalue weighted by Crippen LogP contribution is -2.25. The summed E-state index contributed by atoms with van der Waals surface area (Å²) in [5.41, 5.74) is 1.13. The molecule has 0 aromatic carbocycles. The standard InChI is InChI=1S/C15H28N2OS/c1-5-7-9-17(10-8-6-2)11-13-14(12(3)4)16-15(18)19-13/h12H,5-11H2,1-4H3,(H,16,18). The van der Waals surface area contributed by atoms with Gasteiger partial charge in [-0.3, -0.25) is 9.69 Å². The average molecular weight is 284 g/mol. The second-order valence-corrected chi connectivity index (χ2v) is 6.56. The van der Waals surface area contributed by atoms with Crippen LogP contribution >= 0.6 is 11.3 Å². The zero-order chi connectivity index (χ0) is 14.3. The van der Waals surface area contributed by atoms with Crippen LogP contribution in [0, 0.1) is 0 Å². The van der Waals surface area contributed by atoms with Crippen LogP contribution in [0.4, 0.5) is 0 Å². The number of aromatic nitrogens is 1. The Morgan fingerprint density at radius 3 is 2.21 bits per heavy atom. The van der Waals surface area contributed by atoms with Gasteiger partial charge in [-0.1, -0.05) is 51.9 Å². The van der Waals surface area contributed by atoms with Crippen LogP contribution in [-0.4, -0.2) is 23.0 Å². The smallest absolute Gasteiger partial charge is 0.304 e. The molecule has 1 N–H and O–H groups in total. The van der Waals surface area contributed by atoms with Crippen molar-refractivity contribution in [3.63, 3.8) is 0 Å². The van der Waals surface area contributed by atoms with Gasteiger partial charge in [-0.2, -0.15) is 0 Å². The molecular weight excluding hydrogens is 256 g/mol. The number of nitrogens with zero attached hydrogens (tertiary/aromatic N) is 1. The molecule has 0 fully saturated rings. The molecule has 0 bridgehead atoms. The van der Waals surface area contributed by atoms with Crippen LogP contribution in [-0.2, 0) is 6.54 Å². The number of aromatic amines is 1. The van der Waals surface area contributed by atoms with Gasteiger partial charge >= 0.3 is 4.87 Å². The number of unbranched alkanes of at least 4 members (excludes halogenated alkanes) is 2. The molecule has 0 aliphatic rings. The lowest BCUT2D eigenvalue weighted by Gasteiger charge is -2.22. The summed E-state index contributed by atoms with van der Waals surface area (Å²) in [6, 6.07) is 0. The number of nitrogens with one attached hydrogen (secondary N) is 1. The molecule has 0 aliphatic carbocycles. The van der Waals surface area contributed by atoms with Crippen molar-refractivity contribution in [2.45, 2.75) is 65.8 Å². The summed E-state index contributed by atoms with van der Waals surface area (Å²) in [5.74, 6) is 0.396. The molecule has 1 heterocycles. The van der Waals surface area contributed by atoms with Crippen LogP contribution in [0.3, 0.4) is 0 Å². The molecule has 0 amide bonds. The Morgan fingerprint density at radius 1 is 1.16 bits per heavy atom. The van der Waals surface area contributed by atoms with Gasteiger partial charge in [0, 0.05) is 17.1 Å². The van der Waals surface area contributed by atoms with Crippen LogP contribution in [0.2, 0.25) is 0 Å². The van der Waals surface area contributed by atoms with Crippen LogP contribution in [0.5, 0.6) is 0 Å². The molecule has 1 rings (SSSR count). The van der Waals surface area contributed by atoms with Gasteiger partial charge in [0.15, 0.2) is 0 Å². The van der Waals surface area contributed by atoms with E-state index in [1.165, 1.54) is 41.9 Å². The first-order valence-corrected chi connectivity index (χ1v) is 8.34. The van der Waals surface area contributed by atoms with E-state index in [0.29, 0.717) is 5.92 Å². The van der Waals surface area contributed by atoms with Crippen LogP contribution in [0.25, 0.3) is 0 Å². The van der Waals surface area contributed by atoms with Gasteiger partial charge in [0.25, 0.3) is 0 Å². The normalized spacial score (nSPS) is 11.7. The lowest BCUT2D eigenvalue weighted by molar-refractivity contribution is 0.258. The van der Waals surface area contributed by atoms with Crippen molar-refractivity contribution in [2.75, 3.05) is 13.1 Å². The zero-order valence-electron chi connectivity index (χ0n) is 12.8. The molecule has 1 aromatic rings. The fraction of sp³-hybridized carbons (Fsp3) is 0.800. The molecule has 110 valence electrons. The summed E-state index contributed by atoms with van der Waals surface area (Å²) < 4.78 is 0. The minimum atomic E-state index is 0.0876. The fourth-order valence-electron chi connectivity index (χ4n) is 2.19. The molecule has 0 saturated heterocycles. The molecule has 0 radical (unpaired) electrons. The quantitative estimate of drug-likeness (QED) is 0.745. The van der Waals surface area contributed by atoms with E-state index in [-0.39, 0.29) is 4.87 Å². The Morgan fingerprint density at radius 2 is 1.74 bits per heavy atom. The highest BCUT2D eigenvalue weighted by atomic mass is 32.1. The highest BCUT2D eigenvalue weighted by Crippen LogP contribution is 2.21. The van der Waals surface area contributed by atoms with Gasteiger partial charge in [0.05, 0.1) is 0 Å². The highest BCUT2D eigenvalue weighted by molar-refractivity contribution is 7.09. The van der Waals surface area contributed by atoms with Crippen molar-refractivity contribution >= 4 is 11.3 Å². The maximum Gasteiger partial charge on any atom is 0.304 e. The molecule has 1 aromatic heterocycles. The van der Waals surface area contributed by atoms with Crippen LogP contribution in [0.1, 0.15) is 69.9 Å². The molecule has 3 nitrogen and oxygen atoms in total. The van der Waals surface area contributed by atoms with E-state index in [2.05, 4.69) is 37.6 Å². The van der Waals surface area contributed by atoms with E-state index in [0.717, 1.165) is 25.3 Å². The SMILES string of the molecule is CCCCN(CCCC)Cc1sc(=O)[nH]c1C(C)C. The maximum atomic E-state index is 11.6. The van der Waals surface area contributed by atoms with Gasteiger partial charge in [-0.05, 0) is 31.8 Å². The summed E-state index contributed by atoms with van der Waals surface area (Å²) in [7, 11) is 0. The lowest BCUT2D eigenvalue weighted by atomic mass is 10.1. The predicted octanol–water partition coefficient (Wildman–Crippen LogP) is 3.96. The summed E-state index contributed by atoms with van der Waals surface area (Å²) in [6.45, 7) is 11.9. The van der Waals surface area contributed by atoms with Gasteiger partial charge in [-0.15, -0.1) is 0 Å². The third-order valence-corrected chi connectivity index (χ3v) is 4.24. The van der Waals surface area contributed by atoms with Gasteiger partial charge < -0.3 is 4.98 Å². The van der Waals surface area contributed by atoms with E-state index in [9.17, 15) is 4.79 Å². The van der Waals surface area contributed by atoms with E-state index in [1.54, 1.807) is 0 Å². The number of rotatable bonds is 9. The predicted molar refractivity (Wildman–Crippen MR) is 84.1 cm³/mol. The van der Waals surface area contributed by atoms with Crippen molar-refractivity contribution in [1.29, 1.82) is 0 Å². The maximum absolute atomic E-state index is 11.6. The van der Waals surface area contributed by atoms with Crippen molar-refractivity contribution in [3.8, 4) is 0 Å². The second-order valence-electron chi connectivity index (χ2n) is 5.49. The Hall–Kier alpha value is -0.610. The zero-order valence-corrected chi connectivity index (χ0v) is 13.6. The molecular formula is C15H28N2OS. The average Bonchev–Trinajstić information content (AvgIpc) is 2.73. The first-order chi connectivity index (χ1) is 9.08. The van der Waals surface area contributed by atoms with Crippen LogP contribution < -0.4 is 4.87 Å². The van der Waals surface area contributed by atoms with E-state index in [1.807, 2.05) is 0 Å². The Kier molecular flexibility index (Phi) is 7.39. The summed E-state index contributed by atoms with van der Waals surface area (Å²) in [4.78, 5) is 18.4. The minimum absolute atomic E-state index is 0.0876. The Labute approximate surface area is 121 Å². The first kappa shape index (κ1) is 16.4. The van der Waals surface area contributed by atoms with Crippen molar-refractivity contribution < 1.29 is 0 Å². The summed E-state index contributed by atoms with van der Waals surface area (Å²) >= 11 is 1.39. The molecule has 0 atom stereocenters. The van der Waals surface area contributed by atoms with E-state index in [4.69, 9.17) is 0 Å². The van der Waals surface area contributed by atoms with E-state index < -0.39 is 0 Å².